The Labute approximate surface area is 165 Å². The maximum atomic E-state index is 13.8. The Balaban J connectivity index is 1.69. The number of amides is 1. The molecule has 0 saturated carbocycles. The van der Waals surface area contributed by atoms with Crippen molar-refractivity contribution in [1.29, 1.82) is 5.26 Å². The fourth-order valence-corrected chi connectivity index (χ4v) is 3.06. The van der Waals surface area contributed by atoms with Gasteiger partial charge in [0, 0.05) is 49.6 Å². The summed E-state index contributed by atoms with van der Waals surface area (Å²) in [6, 6.07) is 11.1. The number of nitrogens with zero attached hydrogens (tertiary/aromatic N) is 4. The number of benzene rings is 2. The van der Waals surface area contributed by atoms with Crippen molar-refractivity contribution in [1.82, 2.24) is 4.90 Å². The molecular weight excluding hydrogens is 382 g/mol. The molecule has 0 aliphatic carbocycles. The van der Waals surface area contributed by atoms with Crippen LogP contribution in [0.5, 0.6) is 0 Å². The minimum atomic E-state index is -0.853. The van der Waals surface area contributed by atoms with Gasteiger partial charge < -0.3 is 9.80 Å². The topological polar surface area (TPSA) is 90.5 Å². The fraction of sp³-hybridized carbons (Fsp3) is 0.200. The smallest absolute Gasteiger partial charge is 0.269 e. The highest BCUT2D eigenvalue weighted by Crippen LogP contribution is 2.22. The molecule has 1 aliphatic rings. The number of nitriles is 1. The van der Waals surface area contributed by atoms with Crippen LogP contribution in [0.25, 0.3) is 6.08 Å². The predicted octanol–water partition coefficient (Wildman–Crippen LogP) is 3.13. The average Bonchev–Trinajstić information content (AvgIpc) is 2.73. The lowest BCUT2D eigenvalue weighted by Crippen LogP contribution is -2.49. The van der Waals surface area contributed by atoms with Gasteiger partial charge in [0.05, 0.1) is 4.92 Å². The van der Waals surface area contributed by atoms with E-state index in [0.717, 1.165) is 23.9 Å². The van der Waals surface area contributed by atoms with Gasteiger partial charge in [0.1, 0.15) is 23.3 Å². The molecule has 7 nitrogen and oxygen atoms in total. The third kappa shape index (κ3) is 4.38. The highest BCUT2D eigenvalue weighted by molar-refractivity contribution is 6.01. The summed E-state index contributed by atoms with van der Waals surface area (Å²) in [6.45, 7) is 1.51. The molecule has 0 bridgehead atoms. The number of carbonyl (C=O) groups excluding carboxylic acids is 1. The first kappa shape index (κ1) is 19.9. The third-order valence-corrected chi connectivity index (χ3v) is 4.63. The van der Waals surface area contributed by atoms with E-state index in [1.807, 2.05) is 4.90 Å². The first-order chi connectivity index (χ1) is 13.9. The van der Waals surface area contributed by atoms with Gasteiger partial charge >= 0.3 is 0 Å². The standard InChI is InChI=1S/C20H16F2N4O3/c21-18-2-1-3-19(22)17(18)12-14(13-23)20(27)25-10-8-24(9-11-25)15-4-6-16(7-5-15)26(28)29/h1-7,12H,8-11H2/b14-12+. The van der Waals surface area contributed by atoms with Crippen molar-refractivity contribution < 1.29 is 18.5 Å². The molecule has 9 heteroatoms. The predicted molar refractivity (Wildman–Crippen MR) is 102 cm³/mol. The second-order valence-electron chi connectivity index (χ2n) is 6.36. The molecule has 0 spiro atoms. The van der Waals surface area contributed by atoms with Gasteiger partial charge in [0.25, 0.3) is 11.6 Å². The van der Waals surface area contributed by atoms with Gasteiger partial charge in [-0.15, -0.1) is 0 Å². The highest BCUT2D eigenvalue weighted by Gasteiger charge is 2.24. The summed E-state index contributed by atoms with van der Waals surface area (Å²) in [6.07, 6.45) is 0.926. The van der Waals surface area contributed by atoms with Crippen molar-refractivity contribution in [3.8, 4) is 6.07 Å². The first-order valence-corrected chi connectivity index (χ1v) is 8.75. The number of piperazine rings is 1. The molecule has 0 N–H and O–H groups in total. The molecule has 1 heterocycles. The second-order valence-corrected chi connectivity index (χ2v) is 6.36. The molecule has 29 heavy (non-hydrogen) atoms. The van der Waals surface area contributed by atoms with E-state index in [1.165, 1.54) is 23.1 Å². The molecule has 1 saturated heterocycles. The number of hydrogen-bond acceptors (Lipinski definition) is 5. The largest absolute Gasteiger partial charge is 0.368 e. The molecule has 3 rings (SSSR count). The molecule has 1 amide bonds. The molecule has 0 atom stereocenters. The third-order valence-electron chi connectivity index (χ3n) is 4.63. The zero-order valence-corrected chi connectivity index (χ0v) is 15.2. The van der Waals surface area contributed by atoms with Gasteiger partial charge in [-0.25, -0.2) is 8.78 Å². The Morgan fingerprint density at radius 3 is 2.17 bits per heavy atom. The van der Waals surface area contributed by atoms with Crippen molar-refractivity contribution >= 4 is 23.4 Å². The Morgan fingerprint density at radius 1 is 1.07 bits per heavy atom. The SMILES string of the molecule is N#C/C(=C\c1c(F)cccc1F)C(=O)N1CCN(c2ccc([N+](=O)[O-])cc2)CC1. The first-order valence-electron chi connectivity index (χ1n) is 8.75. The van der Waals surface area contributed by atoms with Crippen LogP contribution in [-0.2, 0) is 4.79 Å². The van der Waals surface area contributed by atoms with Crippen molar-refractivity contribution in [3.05, 3.63) is 75.3 Å². The van der Waals surface area contributed by atoms with Crippen molar-refractivity contribution in [3.63, 3.8) is 0 Å². The Morgan fingerprint density at radius 2 is 1.66 bits per heavy atom. The van der Waals surface area contributed by atoms with Gasteiger partial charge in [-0.3, -0.25) is 14.9 Å². The minimum Gasteiger partial charge on any atom is -0.368 e. The van der Waals surface area contributed by atoms with E-state index in [9.17, 15) is 29.0 Å². The number of carbonyl (C=O) groups is 1. The molecule has 1 fully saturated rings. The summed E-state index contributed by atoms with van der Waals surface area (Å²) in [4.78, 5) is 26.3. The van der Waals surface area contributed by atoms with E-state index >= 15 is 0 Å². The van der Waals surface area contributed by atoms with Gasteiger partial charge in [-0.05, 0) is 30.3 Å². The van der Waals surface area contributed by atoms with Gasteiger partial charge in [0.15, 0.2) is 0 Å². The number of non-ortho nitro benzene ring substituents is 1. The molecular formula is C20H16F2N4O3. The number of nitro groups is 1. The van der Waals surface area contributed by atoms with E-state index in [2.05, 4.69) is 0 Å². The van der Waals surface area contributed by atoms with Crippen LogP contribution in [0.3, 0.4) is 0 Å². The van der Waals surface area contributed by atoms with Crippen LogP contribution in [0, 0.1) is 33.1 Å². The molecule has 0 aromatic heterocycles. The van der Waals surface area contributed by atoms with Crippen LogP contribution in [-0.4, -0.2) is 41.9 Å². The molecule has 2 aromatic rings. The van der Waals surface area contributed by atoms with Gasteiger partial charge in [0.2, 0.25) is 0 Å². The van der Waals surface area contributed by atoms with Crippen LogP contribution < -0.4 is 4.90 Å². The van der Waals surface area contributed by atoms with Crippen molar-refractivity contribution in [2.75, 3.05) is 31.1 Å². The fourth-order valence-electron chi connectivity index (χ4n) is 3.06. The van der Waals surface area contributed by atoms with E-state index in [4.69, 9.17) is 0 Å². The van der Waals surface area contributed by atoms with Crippen molar-refractivity contribution in [2.24, 2.45) is 0 Å². The lowest BCUT2D eigenvalue weighted by molar-refractivity contribution is -0.384. The molecule has 148 valence electrons. The van der Waals surface area contributed by atoms with Crippen LogP contribution in [0.2, 0.25) is 0 Å². The normalized spacial score (nSPS) is 14.4. The number of hydrogen-bond donors (Lipinski definition) is 0. The average molecular weight is 398 g/mol. The van der Waals surface area contributed by atoms with Gasteiger partial charge in [-0.1, -0.05) is 6.07 Å². The van der Waals surface area contributed by atoms with Crippen LogP contribution in [0.15, 0.2) is 48.0 Å². The minimum absolute atomic E-state index is 0.00765. The lowest BCUT2D eigenvalue weighted by atomic mass is 10.1. The Kier molecular flexibility index (Phi) is 5.83. The second kappa shape index (κ2) is 8.48. The molecule has 1 aliphatic heterocycles. The monoisotopic (exact) mass is 398 g/mol. The highest BCUT2D eigenvalue weighted by atomic mass is 19.1. The number of nitro benzene ring substituents is 1. The summed E-state index contributed by atoms with van der Waals surface area (Å²) < 4.78 is 27.6. The van der Waals surface area contributed by atoms with Gasteiger partial charge in [-0.2, -0.15) is 5.26 Å². The molecule has 0 radical (unpaired) electrons. The summed E-state index contributed by atoms with van der Waals surface area (Å²) >= 11 is 0. The molecule has 0 unspecified atom stereocenters. The summed E-state index contributed by atoms with van der Waals surface area (Å²) in [7, 11) is 0. The summed E-state index contributed by atoms with van der Waals surface area (Å²) in [5.74, 6) is -2.31. The zero-order valence-electron chi connectivity index (χ0n) is 15.2. The zero-order chi connectivity index (χ0) is 21.0. The van der Waals surface area contributed by atoms with E-state index in [-0.39, 0.29) is 11.3 Å². The van der Waals surface area contributed by atoms with Crippen LogP contribution in [0.4, 0.5) is 20.2 Å². The van der Waals surface area contributed by atoms with E-state index in [1.54, 1.807) is 18.2 Å². The quantitative estimate of drug-likeness (QED) is 0.342. The summed E-state index contributed by atoms with van der Waals surface area (Å²) in [5, 5.41) is 20.0. The van der Waals surface area contributed by atoms with Crippen LogP contribution in [0.1, 0.15) is 5.56 Å². The number of rotatable bonds is 4. The van der Waals surface area contributed by atoms with Crippen LogP contribution >= 0.6 is 0 Å². The van der Waals surface area contributed by atoms with E-state index < -0.39 is 28.0 Å². The van der Waals surface area contributed by atoms with Crippen molar-refractivity contribution in [2.45, 2.75) is 0 Å². The lowest BCUT2D eigenvalue weighted by Gasteiger charge is -2.36. The molecule has 2 aromatic carbocycles. The Bertz CT molecular complexity index is 987. The maximum absolute atomic E-state index is 13.8. The number of halogens is 2. The maximum Gasteiger partial charge on any atom is 0.269 e. The summed E-state index contributed by atoms with van der Waals surface area (Å²) in [5.41, 5.74) is -0.00128. The Hall–Kier alpha value is -3.80. The number of anilines is 1. The van der Waals surface area contributed by atoms with E-state index in [0.29, 0.717) is 26.2 Å².